The molecule has 10 heteroatoms. The van der Waals surface area contributed by atoms with Crippen LogP contribution in [0.1, 0.15) is 31.9 Å². The molecule has 0 saturated carbocycles. The summed E-state index contributed by atoms with van der Waals surface area (Å²) in [7, 11) is -1.20. The van der Waals surface area contributed by atoms with Gasteiger partial charge in [-0.1, -0.05) is 31.8 Å². The first kappa shape index (κ1) is 25.8. The number of fused-ring (bicyclic) bond motifs is 2. The molecule has 0 N–H and O–H groups in total. The molecule has 36 heavy (non-hydrogen) atoms. The molecule has 0 fully saturated rings. The van der Waals surface area contributed by atoms with E-state index >= 15 is 0 Å². The van der Waals surface area contributed by atoms with Crippen LogP contribution >= 0.6 is 0 Å². The molecule has 2 heterocycles. The van der Waals surface area contributed by atoms with Gasteiger partial charge in [-0.15, -0.1) is 0 Å². The maximum absolute atomic E-state index is 12.5. The lowest BCUT2D eigenvalue weighted by Gasteiger charge is -2.24. The number of carbonyl (C=O) groups excluding carboxylic acids is 1. The highest BCUT2D eigenvalue weighted by molar-refractivity contribution is 6.76. The Bertz CT molecular complexity index is 1310. The van der Waals surface area contributed by atoms with Crippen molar-refractivity contribution in [1.29, 1.82) is 0 Å². The van der Waals surface area contributed by atoms with E-state index in [1.807, 2.05) is 39.0 Å². The molecule has 2 aromatic carbocycles. The molecule has 4 rings (SSSR count). The van der Waals surface area contributed by atoms with Gasteiger partial charge in [-0.3, -0.25) is 15.0 Å². The van der Waals surface area contributed by atoms with Crippen molar-refractivity contribution >= 4 is 30.8 Å². The molecule has 1 aliphatic rings. The number of nitro benzene ring substituents is 1. The zero-order chi connectivity index (χ0) is 26.3. The van der Waals surface area contributed by atoms with Gasteiger partial charge in [0, 0.05) is 39.2 Å². The number of benzene rings is 2. The first-order valence-corrected chi connectivity index (χ1v) is 15.8. The van der Waals surface area contributed by atoms with E-state index in [0.29, 0.717) is 30.8 Å². The summed E-state index contributed by atoms with van der Waals surface area (Å²) in [5, 5.41) is 17.2. The van der Waals surface area contributed by atoms with Crippen LogP contribution in [0.15, 0.2) is 36.5 Å². The van der Waals surface area contributed by atoms with Crippen LogP contribution in [0.4, 0.5) is 10.5 Å². The Kier molecular flexibility index (Phi) is 6.94. The van der Waals surface area contributed by atoms with E-state index in [1.165, 1.54) is 0 Å². The van der Waals surface area contributed by atoms with E-state index in [2.05, 4.69) is 24.7 Å². The largest absolute Gasteiger partial charge is 0.444 e. The molecule has 0 atom stereocenters. The molecule has 1 amide bonds. The average Bonchev–Trinajstić information content (AvgIpc) is 3.37. The number of hydrogen-bond acceptors (Lipinski definition) is 6. The fourth-order valence-corrected chi connectivity index (χ4v) is 4.90. The molecule has 0 spiro atoms. The van der Waals surface area contributed by atoms with E-state index in [1.54, 1.807) is 27.9 Å². The van der Waals surface area contributed by atoms with Gasteiger partial charge in [0.25, 0.3) is 5.69 Å². The number of carbonyl (C=O) groups is 1. The Morgan fingerprint density at radius 2 is 1.86 bits per heavy atom. The molecule has 9 nitrogen and oxygen atoms in total. The van der Waals surface area contributed by atoms with Crippen molar-refractivity contribution in [3.63, 3.8) is 0 Å². The topological polar surface area (TPSA) is 99.7 Å². The van der Waals surface area contributed by atoms with Crippen molar-refractivity contribution in [2.45, 2.75) is 71.9 Å². The number of nitrogens with zero attached hydrogens (tertiary/aromatic N) is 4. The summed E-state index contributed by atoms with van der Waals surface area (Å²) in [6, 6.07) is 10.1. The minimum Gasteiger partial charge on any atom is -0.444 e. The van der Waals surface area contributed by atoms with E-state index in [9.17, 15) is 14.9 Å². The summed E-state index contributed by atoms with van der Waals surface area (Å²) in [5.74, 6) is 0. The van der Waals surface area contributed by atoms with Crippen LogP contribution in [0.5, 0.6) is 0 Å². The van der Waals surface area contributed by atoms with E-state index in [-0.39, 0.29) is 23.4 Å². The van der Waals surface area contributed by atoms with Crippen molar-refractivity contribution in [2.75, 3.05) is 6.61 Å². The molecule has 0 aliphatic carbocycles. The first-order chi connectivity index (χ1) is 16.8. The highest BCUT2D eigenvalue weighted by Crippen LogP contribution is 2.36. The van der Waals surface area contributed by atoms with Crippen LogP contribution in [0, 0.1) is 10.1 Å². The lowest BCUT2D eigenvalue weighted by molar-refractivity contribution is -0.384. The highest BCUT2D eigenvalue weighted by atomic mass is 28.3. The minimum absolute atomic E-state index is 0.00768. The summed E-state index contributed by atoms with van der Waals surface area (Å²) in [6.07, 6.45) is 1.34. The zero-order valence-corrected chi connectivity index (χ0v) is 22.8. The van der Waals surface area contributed by atoms with Crippen LogP contribution in [0.2, 0.25) is 25.7 Å². The zero-order valence-electron chi connectivity index (χ0n) is 21.8. The monoisotopic (exact) mass is 510 g/mol. The van der Waals surface area contributed by atoms with Gasteiger partial charge >= 0.3 is 6.09 Å². The summed E-state index contributed by atoms with van der Waals surface area (Å²) in [6.45, 7) is 14.1. The van der Waals surface area contributed by atoms with Crippen LogP contribution in [0.25, 0.3) is 22.0 Å². The molecule has 0 unspecified atom stereocenters. The van der Waals surface area contributed by atoms with Crippen molar-refractivity contribution in [3.05, 3.63) is 57.8 Å². The van der Waals surface area contributed by atoms with Gasteiger partial charge in [-0.2, -0.15) is 5.10 Å². The van der Waals surface area contributed by atoms with E-state index < -0.39 is 13.7 Å². The Morgan fingerprint density at radius 1 is 1.14 bits per heavy atom. The number of nitro groups is 1. The maximum Gasteiger partial charge on any atom is 0.410 e. The minimum atomic E-state index is -1.20. The Balaban J connectivity index is 1.58. The molecule has 1 aliphatic heterocycles. The van der Waals surface area contributed by atoms with E-state index in [4.69, 9.17) is 9.47 Å². The lowest BCUT2D eigenvalue weighted by Crippen LogP contribution is -2.33. The molecule has 3 aromatic rings. The highest BCUT2D eigenvalue weighted by Gasteiger charge is 2.29. The molecular formula is C26H34N4O5Si. The Labute approximate surface area is 212 Å². The normalized spacial score (nSPS) is 13.8. The van der Waals surface area contributed by atoms with Gasteiger partial charge in [0.05, 0.1) is 22.2 Å². The van der Waals surface area contributed by atoms with Gasteiger partial charge in [-0.05, 0) is 55.6 Å². The lowest BCUT2D eigenvalue weighted by atomic mass is 9.98. The van der Waals surface area contributed by atoms with Gasteiger partial charge in [0.15, 0.2) is 0 Å². The Hall–Kier alpha value is -3.24. The van der Waals surface area contributed by atoms with Crippen LogP contribution in [-0.2, 0) is 29.3 Å². The predicted molar refractivity (Wildman–Crippen MR) is 141 cm³/mol. The summed E-state index contributed by atoms with van der Waals surface area (Å²) < 4.78 is 13.0. The third kappa shape index (κ3) is 5.93. The predicted octanol–water partition coefficient (Wildman–Crippen LogP) is 6.17. The number of amides is 1. The van der Waals surface area contributed by atoms with Gasteiger partial charge in [0.1, 0.15) is 12.3 Å². The second kappa shape index (κ2) is 9.66. The van der Waals surface area contributed by atoms with Crippen molar-refractivity contribution < 1.29 is 19.2 Å². The maximum atomic E-state index is 12.5. The van der Waals surface area contributed by atoms with Gasteiger partial charge < -0.3 is 9.47 Å². The van der Waals surface area contributed by atoms with Crippen molar-refractivity contribution in [2.24, 2.45) is 0 Å². The standard InChI is InChI=1S/C26H34N4O5Si/c1-26(2,3)35-25(31)28-15-19-8-7-18(11-21(19)16-28)22-12-20-14-27-29(17-34-9-10-36(4,5)6)23(20)13-24(22)30(32)33/h7-8,11-14H,9-10,15-17H2,1-6H3. The fourth-order valence-electron chi connectivity index (χ4n) is 4.15. The fraction of sp³-hybridized carbons (Fsp3) is 0.462. The first-order valence-electron chi connectivity index (χ1n) is 12.1. The third-order valence-electron chi connectivity index (χ3n) is 6.06. The van der Waals surface area contributed by atoms with Crippen LogP contribution < -0.4 is 0 Å². The van der Waals surface area contributed by atoms with Gasteiger partial charge in [-0.25, -0.2) is 9.48 Å². The molecule has 192 valence electrons. The van der Waals surface area contributed by atoms with E-state index in [0.717, 1.165) is 28.1 Å². The SMILES string of the molecule is CC(C)(C)OC(=O)N1Cc2ccc(-c3cc4cnn(COCC[Si](C)(C)C)c4cc3[N+](=O)[O-])cc2C1. The Morgan fingerprint density at radius 3 is 2.53 bits per heavy atom. The smallest absolute Gasteiger partial charge is 0.410 e. The number of rotatable bonds is 7. The molecular weight excluding hydrogens is 476 g/mol. The second-order valence-electron chi connectivity index (χ2n) is 11.5. The summed E-state index contributed by atoms with van der Waals surface area (Å²) >= 11 is 0. The molecule has 0 radical (unpaired) electrons. The molecule has 0 bridgehead atoms. The third-order valence-corrected chi connectivity index (χ3v) is 7.76. The quantitative estimate of drug-likeness (QED) is 0.163. The van der Waals surface area contributed by atoms with Gasteiger partial charge in [0.2, 0.25) is 0 Å². The number of ether oxygens (including phenoxy) is 2. The van der Waals surface area contributed by atoms with Crippen molar-refractivity contribution in [1.82, 2.24) is 14.7 Å². The molecule has 0 saturated heterocycles. The molecule has 1 aromatic heterocycles. The number of hydrogen-bond donors (Lipinski definition) is 0. The summed E-state index contributed by atoms with van der Waals surface area (Å²) in [4.78, 5) is 25.8. The van der Waals surface area contributed by atoms with Crippen LogP contribution in [0.3, 0.4) is 0 Å². The average molecular weight is 511 g/mol. The van der Waals surface area contributed by atoms with Crippen molar-refractivity contribution in [3.8, 4) is 11.1 Å². The van der Waals surface area contributed by atoms with Crippen LogP contribution in [-0.4, -0.2) is 46.0 Å². The summed E-state index contributed by atoms with van der Waals surface area (Å²) in [5.41, 5.74) is 3.31. The number of aromatic nitrogens is 2. The second-order valence-corrected chi connectivity index (χ2v) is 17.1.